The molecule has 5 heteroatoms. The lowest BCUT2D eigenvalue weighted by Gasteiger charge is -2.04. The second kappa shape index (κ2) is 5.92. The van der Waals surface area contributed by atoms with Crippen LogP contribution >= 0.6 is 22.9 Å². The molecule has 0 saturated heterocycles. The van der Waals surface area contributed by atoms with E-state index < -0.39 is 0 Å². The lowest BCUT2D eigenvalue weighted by atomic mass is 10.1. The Labute approximate surface area is 131 Å². The van der Waals surface area contributed by atoms with Crippen molar-refractivity contribution in [1.82, 2.24) is 10.2 Å². The van der Waals surface area contributed by atoms with Crippen molar-refractivity contribution in [1.29, 1.82) is 0 Å². The third-order valence-corrected chi connectivity index (χ3v) is 4.78. The van der Waals surface area contributed by atoms with Crippen molar-refractivity contribution >= 4 is 22.9 Å². The summed E-state index contributed by atoms with van der Waals surface area (Å²) < 4.78 is 14.1. The largest absolute Gasteiger partial charge is 0.206 e. The van der Waals surface area contributed by atoms with Crippen LogP contribution in [0, 0.1) is 12.7 Å². The second-order valence-electron chi connectivity index (χ2n) is 4.66. The highest BCUT2D eigenvalue weighted by molar-refractivity contribution is 7.15. The van der Waals surface area contributed by atoms with E-state index in [4.69, 9.17) is 11.6 Å². The van der Waals surface area contributed by atoms with Crippen molar-refractivity contribution in [2.45, 2.75) is 12.3 Å². The molecule has 1 heterocycles. The Balaban J connectivity index is 1.95. The smallest absolute Gasteiger partial charge is 0.150 e. The third-order valence-electron chi connectivity index (χ3n) is 3.17. The number of hydrogen-bond donors (Lipinski definition) is 0. The van der Waals surface area contributed by atoms with Gasteiger partial charge in [-0.3, -0.25) is 0 Å². The van der Waals surface area contributed by atoms with Crippen LogP contribution in [-0.2, 0) is 0 Å². The summed E-state index contributed by atoms with van der Waals surface area (Å²) in [7, 11) is 0. The van der Waals surface area contributed by atoms with Gasteiger partial charge >= 0.3 is 0 Å². The van der Waals surface area contributed by atoms with Gasteiger partial charge in [-0.1, -0.05) is 53.8 Å². The minimum atomic E-state index is -0.370. The molecule has 0 fully saturated rings. The molecule has 3 rings (SSSR count). The van der Waals surface area contributed by atoms with E-state index in [2.05, 4.69) is 10.2 Å². The predicted octanol–water partition coefficient (Wildman–Crippen LogP) is 4.98. The van der Waals surface area contributed by atoms with E-state index in [1.54, 1.807) is 19.1 Å². The molecule has 2 nitrogen and oxygen atoms in total. The van der Waals surface area contributed by atoms with Gasteiger partial charge in [0.1, 0.15) is 16.2 Å². The summed E-state index contributed by atoms with van der Waals surface area (Å²) in [5.74, 6) is -0.258. The minimum Gasteiger partial charge on any atom is -0.206 e. The highest BCUT2D eigenvalue weighted by Crippen LogP contribution is 2.35. The van der Waals surface area contributed by atoms with Crippen LogP contribution < -0.4 is 0 Å². The summed E-state index contributed by atoms with van der Waals surface area (Å²) in [6, 6.07) is 14.9. The standard InChI is InChI=1S/C16H12ClFN2S/c1-10-6-5-9-12(14(10)18)15-19-20-16(21-15)13(17)11-7-3-2-4-8-11/h2-9,13H,1H3. The third kappa shape index (κ3) is 2.82. The van der Waals surface area contributed by atoms with E-state index in [-0.39, 0.29) is 11.2 Å². The molecule has 1 unspecified atom stereocenters. The van der Waals surface area contributed by atoms with E-state index >= 15 is 0 Å². The zero-order valence-corrected chi connectivity index (χ0v) is 12.8. The normalized spacial score (nSPS) is 12.3. The number of halogens is 2. The van der Waals surface area contributed by atoms with Gasteiger partial charge in [-0.15, -0.1) is 21.8 Å². The zero-order chi connectivity index (χ0) is 14.8. The van der Waals surface area contributed by atoms with Gasteiger partial charge in [-0.2, -0.15) is 0 Å². The number of rotatable bonds is 3. The van der Waals surface area contributed by atoms with E-state index in [0.717, 1.165) is 5.56 Å². The molecule has 0 spiro atoms. The summed E-state index contributed by atoms with van der Waals surface area (Å²) in [4.78, 5) is 0. The Morgan fingerprint density at radius 1 is 1.05 bits per heavy atom. The molecule has 0 saturated carbocycles. The molecule has 0 N–H and O–H groups in total. The van der Waals surface area contributed by atoms with E-state index in [1.807, 2.05) is 36.4 Å². The van der Waals surface area contributed by atoms with Crippen LogP contribution in [0.1, 0.15) is 21.5 Å². The molecule has 1 aromatic heterocycles. The van der Waals surface area contributed by atoms with Crippen LogP contribution in [0.2, 0.25) is 0 Å². The Morgan fingerprint density at radius 3 is 2.57 bits per heavy atom. The lowest BCUT2D eigenvalue weighted by molar-refractivity contribution is 0.621. The summed E-state index contributed by atoms with van der Waals surface area (Å²) in [6.45, 7) is 1.73. The van der Waals surface area contributed by atoms with Gasteiger partial charge in [-0.05, 0) is 24.1 Å². The van der Waals surface area contributed by atoms with Gasteiger partial charge in [0.15, 0.2) is 5.01 Å². The van der Waals surface area contributed by atoms with Crippen molar-refractivity contribution in [3.05, 3.63) is 70.5 Å². The Morgan fingerprint density at radius 2 is 1.81 bits per heavy atom. The molecule has 0 radical (unpaired) electrons. The maximum atomic E-state index is 14.1. The van der Waals surface area contributed by atoms with Crippen LogP contribution in [0.3, 0.4) is 0 Å². The van der Waals surface area contributed by atoms with Gasteiger partial charge in [0.2, 0.25) is 0 Å². The van der Waals surface area contributed by atoms with Crippen LogP contribution in [0.25, 0.3) is 10.6 Å². The molecular weight excluding hydrogens is 307 g/mol. The first-order chi connectivity index (χ1) is 10.2. The molecule has 3 aromatic rings. The topological polar surface area (TPSA) is 25.8 Å². The van der Waals surface area contributed by atoms with E-state index in [9.17, 15) is 4.39 Å². The molecular formula is C16H12ClFN2S. The van der Waals surface area contributed by atoms with Crippen LogP contribution in [0.5, 0.6) is 0 Å². The molecule has 0 amide bonds. The SMILES string of the molecule is Cc1cccc(-c2nnc(C(Cl)c3ccccc3)s2)c1F. The predicted molar refractivity (Wildman–Crippen MR) is 84.2 cm³/mol. The van der Waals surface area contributed by atoms with Crippen LogP contribution in [0.15, 0.2) is 48.5 Å². The number of nitrogens with zero attached hydrogens (tertiary/aromatic N) is 2. The second-order valence-corrected chi connectivity index (χ2v) is 6.10. The highest BCUT2D eigenvalue weighted by atomic mass is 35.5. The number of alkyl halides is 1. The first-order valence-corrected chi connectivity index (χ1v) is 7.70. The highest BCUT2D eigenvalue weighted by Gasteiger charge is 2.18. The molecule has 0 bridgehead atoms. The zero-order valence-electron chi connectivity index (χ0n) is 11.3. The molecule has 106 valence electrons. The average molecular weight is 319 g/mol. The van der Waals surface area contributed by atoms with Crippen molar-refractivity contribution in [3.8, 4) is 10.6 Å². The van der Waals surface area contributed by atoms with Gasteiger partial charge in [0, 0.05) is 5.56 Å². The Bertz CT molecular complexity index is 758. The quantitative estimate of drug-likeness (QED) is 0.636. The molecule has 2 aromatic carbocycles. The first-order valence-electron chi connectivity index (χ1n) is 6.44. The van der Waals surface area contributed by atoms with E-state index in [0.29, 0.717) is 21.1 Å². The summed E-state index contributed by atoms with van der Waals surface area (Å²) in [6.07, 6.45) is 0. The lowest BCUT2D eigenvalue weighted by Crippen LogP contribution is -1.91. The van der Waals surface area contributed by atoms with Crippen molar-refractivity contribution in [2.24, 2.45) is 0 Å². The first kappa shape index (κ1) is 14.2. The fraction of sp³-hybridized carbons (Fsp3) is 0.125. The molecule has 0 aliphatic carbocycles. The molecule has 21 heavy (non-hydrogen) atoms. The number of hydrogen-bond acceptors (Lipinski definition) is 3. The number of aryl methyl sites for hydroxylation is 1. The molecule has 0 aliphatic heterocycles. The Kier molecular flexibility index (Phi) is 3.99. The van der Waals surface area contributed by atoms with Gasteiger partial charge in [0.05, 0.1) is 0 Å². The summed E-state index contributed by atoms with van der Waals surface area (Å²) in [5, 5.41) is 9.03. The van der Waals surface area contributed by atoms with Crippen molar-refractivity contribution in [3.63, 3.8) is 0 Å². The van der Waals surface area contributed by atoms with Crippen LogP contribution in [-0.4, -0.2) is 10.2 Å². The monoisotopic (exact) mass is 318 g/mol. The summed E-state index contributed by atoms with van der Waals surface area (Å²) in [5.41, 5.74) is 2.01. The van der Waals surface area contributed by atoms with Gasteiger partial charge < -0.3 is 0 Å². The summed E-state index contributed by atoms with van der Waals surface area (Å²) >= 11 is 7.74. The van der Waals surface area contributed by atoms with Crippen molar-refractivity contribution < 1.29 is 4.39 Å². The maximum absolute atomic E-state index is 14.1. The fourth-order valence-corrected chi connectivity index (χ4v) is 3.21. The minimum absolute atomic E-state index is 0.258. The van der Waals surface area contributed by atoms with Gasteiger partial charge in [-0.25, -0.2) is 4.39 Å². The number of aromatic nitrogens is 2. The molecule has 1 atom stereocenters. The fourth-order valence-electron chi connectivity index (χ4n) is 2.02. The van der Waals surface area contributed by atoms with Crippen LogP contribution in [0.4, 0.5) is 4.39 Å². The number of benzene rings is 2. The van der Waals surface area contributed by atoms with E-state index in [1.165, 1.54) is 11.3 Å². The Hall–Kier alpha value is -1.78. The molecule has 0 aliphatic rings. The maximum Gasteiger partial charge on any atom is 0.150 e. The average Bonchev–Trinajstić information content (AvgIpc) is 3.00. The van der Waals surface area contributed by atoms with Gasteiger partial charge in [0.25, 0.3) is 0 Å². The van der Waals surface area contributed by atoms with Crippen molar-refractivity contribution in [2.75, 3.05) is 0 Å².